The van der Waals surface area contributed by atoms with E-state index >= 15 is 0 Å². The number of hydrogen-bond donors (Lipinski definition) is 3. The summed E-state index contributed by atoms with van der Waals surface area (Å²) in [6.45, 7) is 2.01. The van der Waals surface area contributed by atoms with Crippen molar-refractivity contribution in [1.82, 2.24) is 0 Å². The molecule has 4 nitrogen and oxygen atoms in total. The number of ether oxygens (including phenoxy) is 1. The lowest BCUT2D eigenvalue weighted by atomic mass is 9.80. The van der Waals surface area contributed by atoms with Crippen LogP contribution in [-0.2, 0) is 0 Å². The molecule has 2 aromatic carbocycles. The quantitative estimate of drug-likeness (QED) is 0.783. The van der Waals surface area contributed by atoms with Crippen LogP contribution in [0.2, 0.25) is 0 Å². The Morgan fingerprint density at radius 3 is 2.46 bits per heavy atom. The van der Waals surface area contributed by atoms with Crippen LogP contribution < -0.4 is 4.74 Å². The maximum atomic E-state index is 10.9. The van der Waals surface area contributed by atoms with E-state index in [1.807, 2.05) is 19.1 Å². The second-order valence-electron chi connectivity index (χ2n) is 7.11. The van der Waals surface area contributed by atoms with Gasteiger partial charge in [0, 0.05) is 11.5 Å². The van der Waals surface area contributed by atoms with Gasteiger partial charge in [-0.15, -0.1) is 0 Å². The first kappa shape index (κ1) is 15.3. The van der Waals surface area contributed by atoms with E-state index in [1.165, 1.54) is 0 Å². The zero-order valence-electron chi connectivity index (χ0n) is 13.6. The zero-order chi connectivity index (χ0) is 16.9. The molecule has 1 fully saturated rings. The van der Waals surface area contributed by atoms with E-state index in [2.05, 4.69) is 0 Å². The summed E-state index contributed by atoms with van der Waals surface area (Å²) >= 11 is 0. The van der Waals surface area contributed by atoms with E-state index in [4.69, 9.17) is 4.74 Å². The van der Waals surface area contributed by atoms with Gasteiger partial charge in [0.15, 0.2) is 0 Å². The Labute approximate surface area is 141 Å². The second-order valence-corrected chi connectivity index (χ2v) is 7.11. The molecular formula is C20H22O4. The Kier molecular flexibility index (Phi) is 3.46. The summed E-state index contributed by atoms with van der Waals surface area (Å²) < 4.78 is 6.26. The van der Waals surface area contributed by atoms with E-state index in [1.54, 1.807) is 30.3 Å². The van der Waals surface area contributed by atoms with Gasteiger partial charge in [-0.25, -0.2) is 0 Å². The zero-order valence-corrected chi connectivity index (χ0v) is 13.6. The van der Waals surface area contributed by atoms with Crippen LogP contribution in [-0.4, -0.2) is 20.9 Å². The molecule has 0 spiro atoms. The minimum absolute atomic E-state index is 0.147. The average molecular weight is 326 g/mol. The largest absolute Gasteiger partial charge is 0.508 e. The molecule has 0 amide bonds. The molecule has 0 unspecified atom stereocenters. The van der Waals surface area contributed by atoms with Crippen LogP contribution in [0, 0.1) is 5.92 Å². The summed E-state index contributed by atoms with van der Waals surface area (Å²) in [7, 11) is 0. The summed E-state index contributed by atoms with van der Waals surface area (Å²) in [5, 5.41) is 30.3. The SMILES string of the molecule is CC[C@]1(O)C[C@@H]2[C@H](C1)c1cc(O)ccc1O[C@@H]2c1ccc(O)cc1. The molecule has 1 heterocycles. The Balaban J connectivity index is 1.79. The summed E-state index contributed by atoms with van der Waals surface area (Å²) in [4.78, 5) is 0. The van der Waals surface area contributed by atoms with Gasteiger partial charge < -0.3 is 20.1 Å². The van der Waals surface area contributed by atoms with Crippen molar-refractivity contribution < 1.29 is 20.1 Å². The van der Waals surface area contributed by atoms with Gasteiger partial charge in [0.05, 0.1) is 5.60 Å². The maximum absolute atomic E-state index is 10.9. The monoisotopic (exact) mass is 326 g/mol. The van der Waals surface area contributed by atoms with Gasteiger partial charge in [0.1, 0.15) is 23.4 Å². The fraction of sp³-hybridized carbons (Fsp3) is 0.400. The predicted octanol–water partition coefficient (Wildman–Crippen LogP) is 3.87. The summed E-state index contributed by atoms with van der Waals surface area (Å²) in [6.07, 6.45) is 1.90. The number of phenolic OH excluding ortho intramolecular Hbond substituents is 2. The molecule has 2 aromatic rings. The fourth-order valence-electron chi connectivity index (χ4n) is 4.31. The summed E-state index contributed by atoms with van der Waals surface area (Å²) in [6, 6.07) is 12.3. The van der Waals surface area contributed by atoms with Crippen LogP contribution >= 0.6 is 0 Å². The standard InChI is InChI=1S/C20H22O4/c1-2-20(23)10-16-15-9-14(22)7-8-18(15)24-19(17(16)11-20)12-3-5-13(21)6-4-12/h3-9,16-17,19,21-23H,2,10-11H2,1H3/t16-,17-,19-,20-/m1/s1. The van der Waals surface area contributed by atoms with Crippen LogP contribution in [0.25, 0.3) is 0 Å². The first-order valence-electron chi connectivity index (χ1n) is 8.50. The first-order valence-corrected chi connectivity index (χ1v) is 8.50. The van der Waals surface area contributed by atoms with Gasteiger partial charge >= 0.3 is 0 Å². The van der Waals surface area contributed by atoms with Crippen LogP contribution in [0.5, 0.6) is 17.2 Å². The predicted molar refractivity (Wildman–Crippen MR) is 90.3 cm³/mol. The lowest BCUT2D eigenvalue weighted by molar-refractivity contribution is 0.0295. The molecule has 0 aromatic heterocycles. The average Bonchev–Trinajstić information content (AvgIpc) is 2.94. The number of rotatable bonds is 2. The van der Waals surface area contributed by atoms with Gasteiger partial charge in [-0.1, -0.05) is 19.1 Å². The smallest absolute Gasteiger partial charge is 0.127 e. The second kappa shape index (κ2) is 5.42. The van der Waals surface area contributed by atoms with Gasteiger partial charge in [-0.05, 0) is 61.1 Å². The van der Waals surface area contributed by atoms with Crippen molar-refractivity contribution in [2.45, 2.75) is 43.8 Å². The molecule has 3 N–H and O–H groups in total. The summed E-state index contributed by atoms with van der Waals surface area (Å²) in [5.41, 5.74) is 1.29. The van der Waals surface area contributed by atoms with Crippen LogP contribution in [0.3, 0.4) is 0 Å². The van der Waals surface area contributed by atoms with Crippen molar-refractivity contribution in [2.24, 2.45) is 5.92 Å². The van der Waals surface area contributed by atoms with E-state index in [0.717, 1.165) is 16.9 Å². The molecular weight excluding hydrogens is 304 g/mol. The molecule has 1 aliphatic heterocycles. The number of benzene rings is 2. The van der Waals surface area contributed by atoms with Gasteiger partial charge in [0.2, 0.25) is 0 Å². The van der Waals surface area contributed by atoms with E-state index in [9.17, 15) is 15.3 Å². The van der Waals surface area contributed by atoms with E-state index < -0.39 is 5.60 Å². The van der Waals surface area contributed by atoms with Crippen LogP contribution in [0.4, 0.5) is 0 Å². The number of aliphatic hydroxyl groups is 1. The molecule has 24 heavy (non-hydrogen) atoms. The van der Waals surface area contributed by atoms with Crippen molar-refractivity contribution in [3.05, 3.63) is 53.6 Å². The maximum Gasteiger partial charge on any atom is 0.127 e. The first-order chi connectivity index (χ1) is 11.5. The third-order valence-electron chi connectivity index (χ3n) is 5.65. The molecule has 0 saturated heterocycles. The molecule has 0 radical (unpaired) electrons. The normalized spacial score (nSPS) is 31.2. The molecule has 0 bridgehead atoms. The van der Waals surface area contributed by atoms with Crippen molar-refractivity contribution in [2.75, 3.05) is 0 Å². The Morgan fingerprint density at radius 1 is 1.04 bits per heavy atom. The lowest BCUT2D eigenvalue weighted by Crippen LogP contribution is -2.27. The van der Waals surface area contributed by atoms with Gasteiger partial charge in [-0.2, -0.15) is 0 Å². The molecule has 4 rings (SSSR count). The van der Waals surface area contributed by atoms with E-state index in [-0.39, 0.29) is 29.4 Å². The Morgan fingerprint density at radius 2 is 1.75 bits per heavy atom. The minimum Gasteiger partial charge on any atom is -0.508 e. The van der Waals surface area contributed by atoms with Crippen molar-refractivity contribution >= 4 is 0 Å². The third-order valence-corrected chi connectivity index (χ3v) is 5.65. The van der Waals surface area contributed by atoms with Crippen LogP contribution in [0.1, 0.15) is 49.3 Å². The highest BCUT2D eigenvalue weighted by Gasteiger charge is 2.50. The molecule has 1 saturated carbocycles. The molecule has 1 aliphatic carbocycles. The highest BCUT2D eigenvalue weighted by Crippen LogP contribution is 2.57. The third kappa shape index (κ3) is 2.42. The van der Waals surface area contributed by atoms with Crippen LogP contribution in [0.15, 0.2) is 42.5 Å². The fourth-order valence-corrected chi connectivity index (χ4v) is 4.31. The Bertz CT molecular complexity index is 755. The number of phenols is 2. The van der Waals surface area contributed by atoms with Gasteiger partial charge in [-0.3, -0.25) is 0 Å². The van der Waals surface area contributed by atoms with Crippen molar-refractivity contribution in [3.8, 4) is 17.2 Å². The van der Waals surface area contributed by atoms with E-state index in [0.29, 0.717) is 19.3 Å². The summed E-state index contributed by atoms with van der Waals surface area (Å²) in [5.74, 6) is 1.53. The minimum atomic E-state index is -0.694. The molecule has 4 heteroatoms. The molecule has 126 valence electrons. The number of aromatic hydroxyl groups is 2. The topological polar surface area (TPSA) is 69.9 Å². The lowest BCUT2D eigenvalue weighted by Gasteiger charge is -2.36. The Hall–Kier alpha value is -2.20. The van der Waals surface area contributed by atoms with Crippen molar-refractivity contribution in [3.63, 3.8) is 0 Å². The van der Waals surface area contributed by atoms with Gasteiger partial charge in [0.25, 0.3) is 0 Å². The highest BCUT2D eigenvalue weighted by molar-refractivity contribution is 5.46. The number of fused-ring (bicyclic) bond motifs is 3. The molecule has 2 aliphatic rings. The van der Waals surface area contributed by atoms with Crippen molar-refractivity contribution in [1.29, 1.82) is 0 Å². The number of hydrogen-bond acceptors (Lipinski definition) is 4. The molecule has 4 atom stereocenters. The highest BCUT2D eigenvalue weighted by atomic mass is 16.5.